The minimum absolute atomic E-state index is 0.616. The molecule has 0 atom stereocenters. The van der Waals surface area contributed by atoms with Crippen LogP contribution in [0, 0.1) is 5.41 Å². The van der Waals surface area contributed by atoms with Crippen molar-refractivity contribution >= 4 is 0 Å². The minimum atomic E-state index is 0.616. The van der Waals surface area contributed by atoms with Crippen molar-refractivity contribution in [1.29, 1.82) is 0 Å². The Balaban J connectivity index is 1.86. The Labute approximate surface area is 131 Å². The standard InChI is InChI=1S/C20H33N/c1-4-18-7-9-19(10-8-18)11-14-20(12-5-6-13-20)15-16-21-17(2)3/h7-10,17,21H,4-6,11-16H2,1-3H3. The summed E-state index contributed by atoms with van der Waals surface area (Å²) in [5.74, 6) is 0. The van der Waals surface area contributed by atoms with Gasteiger partial charge in [0.05, 0.1) is 0 Å². The molecule has 1 heteroatoms. The fourth-order valence-electron chi connectivity index (χ4n) is 3.73. The second kappa shape index (κ2) is 7.98. The van der Waals surface area contributed by atoms with Gasteiger partial charge >= 0.3 is 0 Å². The predicted molar refractivity (Wildman–Crippen MR) is 92.8 cm³/mol. The Bertz CT molecular complexity index is 398. The molecule has 1 fully saturated rings. The Hall–Kier alpha value is -0.820. The van der Waals surface area contributed by atoms with Crippen molar-refractivity contribution in [3.05, 3.63) is 35.4 Å². The second-order valence-electron chi connectivity index (χ2n) is 7.24. The van der Waals surface area contributed by atoms with Gasteiger partial charge in [-0.3, -0.25) is 0 Å². The summed E-state index contributed by atoms with van der Waals surface area (Å²) in [6, 6.07) is 9.90. The SMILES string of the molecule is CCc1ccc(CCC2(CCNC(C)C)CCCC2)cc1. The number of benzene rings is 1. The van der Waals surface area contributed by atoms with Crippen molar-refractivity contribution in [1.82, 2.24) is 5.32 Å². The van der Waals surface area contributed by atoms with E-state index in [2.05, 4.69) is 50.4 Å². The van der Waals surface area contributed by atoms with Crippen LogP contribution in [0.1, 0.15) is 70.4 Å². The molecule has 1 N–H and O–H groups in total. The van der Waals surface area contributed by atoms with Gasteiger partial charge in [-0.2, -0.15) is 0 Å². The van der Waals surface area contributed by atoms with Crippen molar-refractivity contribution in [2.75, 3.05) is 6.54 Å². The molecule has 0 heterocycles. The molecule has 118 valence electrons. The van der Waals surface area contributed by atoms with E-state index in [9.17, 15) is 0 Å². The Morgan fingerprint density at radius 3 is 2.19 bits per heavy atom. The zero-order valence-corrected chi connectivity index (χ0v) is 14.3. The molecule has 0 radical (unpaired) electrons. The lowest BCUT2D eigenvalue weighted by Gasteiger charge is -2.30. The number of nitrogens with one attached hydrogen (secondary N) is 1. The fraction of sp³-hybridized carbons (Fsp3) is 0.700. The molecule has 0 spiro atoms. The van der Waals surface area contributed by atoms with E-state index in [4.69, 9.17) is 0 Å². The van der Waals surface area contributed by atoms with Crippen LogP contribution in [0.25, 0.3) is 0 Å². The third kappa shape index (κ3) is 5.14. The summed E-state index contributed by atoms with van der Waals surface area (Å²) in [4.78, 5) is 0. The highest BCUT2D eigenvalue weighted by Crippen LogP contribution is 2.44. The van der Waals surface area contributed by atoms with Gasteiger partial charge in [0.15, 0.2) is 0 Å². The molecule has 0 amide bonds. The average Bonchev–Trinajstić information content (AvgIpc) is 2.94. The van der Waals surface area contributed by atoms with Gasteiger partial charge in [-0.25, -0.2) is 0 Å². The molecule has 1 aliphatic rings. The van der Waals surface area contributed by atoms with Crippen molar-refractivity contribution < 1.29 is 0 Å². The van der Waals surface area contributed by atoms with E-state index in [1.807, 2.05) is 0 Å². The van der Waals surface area contributed by atoms with Crippen LogP contribution in [0.5, 0.6) is 0 Å². The summed E-state index contributed by atoms with van der Waals surface area (Å²) >= 11 is 0. The van der Waals surface area contributed by atoms with Crippen LogP contribution in [0.2, 0.25) is 0 Å². The zero-order valence-electron chi connectivity index (χ0n) is 14.3. The molecule has 1 nitrogen and oxygen atoms in total. The summed E-state index contributed by atoms with van der Waals surface area (Å²) in [6.07, 6.45) is 10.9. The fourth-order valence-corrected chi connectivity index (χ4v) is 3.73. The molecule has 0 saturated heterocycles. The predicted octanol–water partition coefficient (Wildman–Crippen LogP) is 5.13. The molecule has 0 aliphatic heterocycles. The number of hydrogen-bond acceptors (Lipinski definition) is 1. The van der Waals surface area contributed by atoms with Gasteiger partial charge in [0.25, 0.3) is 0 Å². The molecule has 1 aromatic carbocycles. The van der Waals surface area contributed by atoms with E-state index in [1.54, 1.807) is 0 Å². The number of hydrogen-bond donors (Lipinski definition) is 1. The molecule has 1 aliphatic carbocycles. The Morgan fingerprint density at radius 1 is 1.00 bits per heavy atom. The van der Waals surface area contributed by atoms with E-state index in [-0.39, 0.29) is 0 Å². The van der Waals surface area contributed by atoms with Crippen molar-refractivity contribution in [3.8, 4) is 0 Å². The van der Waals surface area contributed by atoms with Crippen LogP contribution >= 0.6 is 0 Å². The third-order valence-electron chi connectivity index (χ3n) is 5.25. The van der Waals surface area contributed by atoms with Gasteiger partial charge in [0.2, 0.25) is 0 Å². The van der Waals surface area contributed by atoms with E-state index in [0.717, 1.165) is 6.42 Å². The summed E-state index contributed by atoms with van der Waals surface area (Å²) in [6.45, 7) is 7.91. The Kier molecular flexibility index (Phi) is 6.29. The van der Waals surface area contributed by atoms with Crippen LogP contribution < -0.4 is 5.32 Å². The molecular formula is C20H33N. The number of aryl methyl sites for hydroxylation is 2. The average molecular weight is 287 g/mol. The monoisotopic (exact) mass is 287 g/mol. The quantitative estimate of drug-likeness (QED) is 0.699. The van der Waals surface area contributed by atoms with Gasteiger partial charge in [-0.05, 0) is 61.6 Å². The van der Waals surface area contributed by atoms with Crippen LogP contribution in [-0.4, -0.2) is 12.6 Å². The molecule has 0 unspecified atom stereocenters. The topological polar surface area (TPSA) is 12.0 Å². The van der Waals surface area contributed by atoms with Gasteiger partial charge in [0, 0.05) is 6.04 Å². The molecule has 0 bridgehead atoms. The maximum Gasteiger partial charge on any atom is 0.00103 e. The van der Waals surface area contributed by atoms with E-state index < -0.39 is 0 Å². The minimum Gasteiger partial charge on any atom is -0.315 e. The molecule has 21 heavy (non-hydrogen) atoms. The highest BCUT2D eigenvalue weighted by atomic mass is 14.9. The molecule has 1 aromatic rings. The first-order chi connectivity index (χ1) is 10.1. The Morgan fingerprint density at radius 2 is 1.62 bits per heavy atom. The van der Waals surface area contributed by atoms with Crippen molar-refractivity contribution in [3.63, 3.8) is 0 Å². The van der Waals surface area contributed by atoms with Crippen LogP contribution in [-0.2, 0) is 12.8 Å². The van der Waals surface area contributed by atoms with Crippen molar-refractivity contribution in [2.45, 2.75) is 78.2 Å². The summed E-state index contributed by atoms with van der Waals surface area (Å²) in [7, 11) is 0. The highest BCUT2D eigenvalue weighted by molar-refractivity contribution is 5.22. The first kappa shape index (κ1) is 16.5. The van der Waals surface area contributed by atoms with Crippen LogP contribution in [0.15, 0.2) is 24.3 Å². The van der Waals surface area contributed by atoms with Crippen LogP contribution in [0.3, 0.4) is 0 Å². The lowest BCUT2D eigenvalue weighted by molar-refractivity contribution is 0.243. The molecule has 0 aromatic heterocycles. The normalized spacial score (nSPS) is 17.5. The van der Waals surface area contributed by atoms with Gasteiger partial charge in [-0.15, -0.1) is 0 Å². The van der Waals surface area contributed by atoms with Gasteiger partial charge in [0.1, 0.15) is 0 Å². The summed E-state index contributed by atoms with van der Waals surface area (Å²) in [5, 5.41) is 3.61. The third-order valence-corrected chi connectivity index (χ3v) is 5.25. The van der Waals surface area contributed by atoms with E-state index in [1.165, 1.54) is 62.6 Å². The van der Waals surface area contributed by atoms with Crippen LogP contribution in [0.4, 0.5) is 0 Å². The van der Waals surface area contributed by atoms with E-state index in [0.29, 0.717) is 11.5 Å². The largest absolute Gasteiger partial charge is 0.315 e. The zero-order chi connectivity index (χ0) is 15.1. The maximum absolute atomic E-state index is 3.61. The molecule has 2 rings (SSSR count). The summed E-state index contributed by atoms with van der Waals surface area (Å²) in [5.41, 5.74) is 3.59. The smallest absolute Gasteiger partial charge is 0.00103 e. The van der Waals surface area contributed by atoms with E-state index >= 15 is 0 Å². The van der Waals surface area contributed by atoms with Gasteiger partial charge < -0.3 is 5.32 Å². The molecule has 1 saturated carbocycles. The first-order valence-corrected chi connectivity index (χ1v) is 8.95. The number of rotatable bonds is 8. The first-order valence-electron chi connectivity index (χ1n) is 8.95. The van der Waals surface area contributed by atoms with Gasteiger partial charge in [-0.1, -0.05) is 57.9 Å². The molecular weight excluding hydrogens is 254 g/mol. The lowest BCUT2D eigenvalue weighted by Crippen LogP contribution is -2.29. The second-order valence-corrected chi connectivity index (χ2v) is 7.24. The summed E-state index contributed by atoms with van der Waals surface area (Å²) < 4.78 is 0. The highest BCUT2D eigenvalue weighted by Gasteiger charge is 2.32. The lowest BCUT2D eigenvalue weighted by atomic mass is 9.77. The maximum atomic E-state index is 3.61. The van der Waals surface area contributed by atoms with Crippen molar-refractivity contribution in [2.24, 2.45) is 5.41 Å².